The summed E-state index contributed by atoms with van der Waals surface area (Å²) in [5.74, 6) is 1.51. The van der Waals surface area contributed by atoms with Crippen LogP contribution in [0.5, 0.6) is 5.75 Å². The van der Waals surface area contributed by atoms with Crippen molar-refractivity contribution < 1.29 is 9.53 Å². The Balaban J connectivity index is 1.45. The molecule has 0 bridgehead atoms. The van der Waals surface area contributed by atoms with E-state index in [1.807, 2.05) is 66.4 Å². The lowest BCUT2D eigenvalue weighted by molar-refractivity contribution is 0.0748. The van der Waals surface area contributed by atoms with Crippen LogP contribution in [0.25, 0.3) is 22.2 Å². The van der Waals surface area contributed by atoms with Gasteiger partial charge in [0.15, 0.2) is 0 Å². The van der Waals surface area contributed by atoms with Crippen LogP contribution < -0.4 is 9.64 Å². The lowest BCUT2D eigenvalue weighted by Crippen LogP contribution is -2.49. The molecule has 7 heteroatoms. The number of ether oxygens (including phenoxy) is 1. The molecule has 1 amide bonds. The fourth-order valence-electron chi connectivity index (χ4n) is 4.15. The summed E-state index contributed by atoms with van der Waals surface area (Å²) < 4.78 is 5.66. The molecule has 1 fully saturated rings. The van der Waals surface area contributed by atoms with Gasteiger partial charge in [0.25, 0.3) is 5.91 Å². The number of benzene rings is 2. The summed E-state index contributed by atoms with van der Waals surface area (Å²) in [4.78, 5) is 31.1. The monoisotopic (exact) mass is 439 g/mol. The summed E-state index contributed by atoms with van der Waals surface area (Å²) in [6.07, 6.45) is 3.48. The first-order valence-electron chi connectivity index (χ1n) is 11.2. The third kappa shape index (κ3) is 4.35. The third-order valence-corrected chi connectivity index (χ3v) is 5.79. The zero-order valence-corrected chi connectivity index (χ0v) is 18.5. The van der Waals surface area contributed by atoms with Crippen LogP contribution in [0.3, 0.4) is 0 Å². The zero-order valence-electron chi connectivity index (χ0n) is 18.5. The second-order valence-electron chi connectivity index (χ2n) is 7.86. The normalized spacial score (nSPS) is 13.8. The van der Waals surface area contributed by atoms with Crippen molar-refractivity contribution in [3.05, 3.63) is 78.6 Å². The van der Waals surface area contributed by atoms with Gasteiger partial charge in [-0.2, -0.15) is 0 Å². The van der Waals surface area contributed by atoms with Crippen LogP contribution in [0.1, 0.15) is 17.3 Å². The largest absolute Gasteiger partial charge is 0.494 e. The molecule has 0 spiro atoms. The molecule has 0 atom stereocenters. The molecule has 0 N–H and O–H groups in total. The molecule has 7 nitrogen and oxygen atoms in total. The average molecular weight is 440 g/mol. The van der Waals surface area contributed by atoms with Crippen molar-refractivity contribution in [3.8, 4) is 17.0 Å². The smallest absolute Gasteiger partial charge is 0.254 e. The summed E-state index contributed by atoms with van der Waals surface area (Å²) in [5.41, 5.74) is 3.15. The molecule has 3 heterocycles. The van der Waals surface area contributed by atoms with E-state index in [2.05, 4.69) is 14.9 Å². The molecule has 1 aliphatic rings. The maximum atomic E-state index is 13.6. The van der Waals surface area contributed by atoms with Crippen molar-refractivity contribution in [2.24, 2.45) is 0 Å². The Hall–Kier alpha value is -4.00. The van der Waals surface area contributed by atoms with Crippen molar-refractivity contribution >= 4 is 22.8 Å². The van der Waals surface area contributed by atoms with Crippen molar-refractivity contribution in [3.63, 3.8) is 0 Å². The van der Waals surface area contributed by atoms with Gasteiger partial charge in [-0.25, -0.2) is 15.0 Å². The molecular formula is C26H25N5O2. The number of aromatic nitrogens is 3. The number of carbonyl (C=O) groups is 1. The number of amides is 1. The van der Waals surface area contributed by atoms with Crippen LogP contribution in [0.4, 0.5) is 5.95 Å². The molecule has 1 saturated heterocycles. The van der Waals surface area contributed by atoms with Crippen LogP contribution in [0, 0.1) is 0 Å². The number of para-hydroxylation sites is 1. The molecule has 0 saturated carbocycles. The molecule has 5 rings (SSSR count). The van der Waals surface area contributed by atoms with Crippen LogP contribution in [0.15, 0.2) is 73.1 Å². The lowest BCUT2D eigenvalue weighted by atomic mass is 10.0. The van der Waals surface area contributed by atoms with Crippen LogP contribution >= 0.6 is 0 Å². The first-order valence-corrected chi connectivity index (χ1v) is 11.2. The van der Waals surface area contributed by atoms with E-state index < -0.39 is 0 Å². The SMILES string of the molecule is CCOc1cccc(-c2cc(C(=O)N3CCN(c4ncccn4)CC3)c3ccccc3n2)c1. The van der Waals surface area contributed by atoms with Crippen molar-refractivity contribution in [1.29, 1.82) is 0 Å². The standard InChI is InChI=1S/C26H25N5O2/c1-2-33-20-8-5-7-19(17-20)24-18-22(21-9-3-4-10-23(21)29-24)25(32)30-13-15-31(16-14-30)26-27-11-6-12-28-26/h3-12,17-18H,2,13-16H2,1H3. The van der Waals surface area contributed by atoms with Crippen LogP contribution in [0.2, 0.25) is 0 Å². The second-order valence-corrected chi connectivity index (χ2v) is 7.86. The van der Waals surface area contributed by atoms with E-state index in [4.69, 9.17) is 9.72 Å². The maximum Gasteiger partial charge on any atom is 0.254 e. The number of carbonyl (C=O) groups excluding carboxylic acids is 1. The molecule has 4 aromatic rings. The number of piperazine rings is 1. The van der Waals surface area contributed by atoms with E-state index >= 15 is 0 Å². The van der Waals surface area contributed by atoms with Gasteiger partial charge < -0.3 is 14.5 Å². The van der Waals surface area contributed by atoms with Crippen molar-refractivity contribution in [2.75, 3.05) is 37.7 Å². The van der Waals surface area contributed by atoms with Gasteiger partial charge in [-0.05, 0) is 37.3 Å². The fourth-order valence-corrected chi connectivity index (χ4v) is 4.15. The van der Waals surface area contributed by atoms with E-state index in [1.165, 1.54) is 0 Å². The highest BCUT2D eigenvalue weighted by Crippen LogP contribution is 2.28. The molecule has 2 aromatic heterocycles. The fraction of sp³-hybridized carbons (Fsp3) is 0.231. The first-order chi connectivity index (χ1) is 16.2. The molecule has 0 unspecified atom stereocenters. The summed E-state index contributed by atoms with van der Waals surface area (Å²) in [6.45, 7) is 5.18. The van der Waals surface area contributed by atoms with Crippen LogP contribution in [-0.4, -0.2) is 58.5 Å². The van der Waals surface area contributed by atoms with Crippen molar-refractivity contribution in [1.82, 2.24) is 19.9 Å². The summed E-state index contributed by atoms with van der Waals surface area (Å²) in [7, 11) is 0. The third-order valence-electron chi connectivity index (χ3n) is 5.79. The summed E-state index contributed by atoms with van der Waals surface area (Å²) >= 11 is 0. The van der Waals surface area contributed by atoms with Gasteiger partial charge in [-0.3, -0.25) is 4.79 Å². The number of hydrogen-bond acceptors (Lipinski definition) is 6. The average Bonchev–Trinajstić information content (AvgIpc) is 2.88. The van der Waals surface area contributed by atoms with Gasteiger partial charge in [0.1, 0.15) is 5.75 Å². The van der Waals surface area contributed by atoms with E-state index in [9.17, 15) is 4.79 Å². The Kier molecular flexibility index (Phi) is 5.85. The summed E-state index contributed by atoms with van der Waals surface area (Å²) in [5, 5.41) is 0.862. The Morgan fingerprint density at radius 1 is 0.939 bits per heavy atom. The van der Waals surface area contributed by atoms with Crippen LogP contribution in [-0.2, 0) is 0 Å². The van der Waals surface area contributed by atoms with Gasteiger partial charge in [-0.15, -0.1) is 0 Å². The Morgan fingerprint density at radius 2 is 1.73 bits per heavy atom. The van der Waals surface area contributed by atoms with Gasteiger partial charge in [0, 0.05) is 49.5 Å². The Bertz CT molecular complexity index is 1270. The lowest BCUT2D eigenvalue weighted by Gasteiger charge is -2.34. The number of hydrogen-bond donors (Lipinski definition) is 0. The number of fused-ring (bicyclic) bond motifs is 1. The molecule has 33 heavy (non-hydrogen) atoms. The van der Waals surface area contributed by atoms with Gasteiger partial charge >= 0.3 is 0 Å². The number of rotatable bonds is 5. The van der Waals surface area contributed by atoms with Gasteiger partial charge in [0.05, 0.1) is 23.4 Å². The maximum absolute atomic E-state index is 13.6. The topological polar surface area (TPSA) is 71.5 Å². The second kappa shape index (κ2) is 9.24. The molecule has 166 valence electrons. The zero-order chi connectivity index (χ0) is 22.6. The molecular weight excluding hydrogens is 414 g/mol. The van der Waals surface area contributed by atoms with Crippen molar-refractivity contribution in [2.45, 2.75) is 6.92 Å². The highest BCUT2D eigenvalue weighted by molar-refractivity contribution is 6.07. The number of anilines is 1. The minimum Gasteiger partial charge on any atom is -0.494 e. The molecule has 0 radical (unpaired) electrons. The van der Waals surface area contributed by atoms with Gasteiger partial charge in [-0.1, -0.05) is 30.3 Å². The minimum atomic E-state index is 0.0180. The van der Waals surface area contributed by atoms with E-state index in [0.717, 1.165) is 27.9 Å². The molecule has 1 aliphatic heterocycles. The Labute approximate surface area is 192 Å². The minimum absolute atomic E-state index is 0.0180. The first kappa shape index (κ1) is 20.9. The number of nitrogens with zero attached hydrogens (tertiary/aromatic N) is 5. The van der Waals surface area contributed by atoms with Gasteiger partial charge in [0.2, 0.25) is 5.95 Å². The highest BCUT2D eigenvalue weighted by Gasteiger charge is 2.25. The highest BCUT2D eigenvalue weighted by atomic mass is 16.5. The molecule has 0 aliphatic carbocycles. The van der Waals surface area contributed by atoms with E-state index in [1.54, 1.807) is 18.5 Å². The predicted molar refractivity (Wildman–Crippen MR) is 128 cm³/mol. The van der Waals surface area contributed by atoms with E-state index in [-0.39, 0.29) is 5.91 Å². The van der Waals surface area contributed by atoms with E-state index in [0.29, 0.717) is 44.3 Å². The predicted octanol–water partition coefficient (Wildman–Crippen LogP) is 4.05. The summed E-state index contributed by atoms with van der Waals surface area (Å²) in [6, 6.07) is 19.3. The quantitative estimate of drug-likeness (QED) is 0.467. The molecule has 2 aromatic carbocycles. The Morgan fingerprint density at radius 3 is 2.52 bits per heavy atom. The number of pyridine rings is 1.